The molecule has 25 heavy (non-hydrogen) atoms. The van der Waals surface area contributed by atoms with Crippen LogP contribution in [0.4, 0.5) is 5.69 Å². The van der Waals surface area contributed by atoms with E-state index in [1.54, 1.807) is 6.20 Å². The first kappa shape index (κ1) is 17.0. The van der Waals surface area contributed by atoms with Gasteiger partial charge in [-0.05, 0) is 42.2 Å². The number of fused-ring (bicyclic) bond motifs is 1. The van der Waals surface area contributed by atoms with Gasteiger partial charge in [-0.1, -0.05) is 38.1 Å². The maximum absolute atomic E-state index is 9.64. The molecule has 3 nitrogen and oxygen atoms in total. The average molecular weight is 329 g/mol. The van der Waals surface area contributed by atoms with E-state index in [0.29, 0.717) is 11.5 Å². The van der Waals surface area contributed by atoms with E-state index in [1.807, 2.05) is 6.07 Å². The molecule has 0 bridgehead atoms. The summed E-state index contributed by atoms with van der Waals surface area (Å²) in [5.41, 5.74) is 5.98. The smallest absolute Gasteiger partial charge is 0.101 e. The Morgan fingerprint density at radius 3 is 2.64 bits per heavy atom. The maximum atomic E-state index is 9.64. The van der Waals surface area contributed by atoms with Crippen LogP contribution in [0.15, 0.2) is 48.7 Å². The number of anilines is 1. The van der Waals surface area contributed by atoms with Gasteiger partial charge in [-0.2, -0.15) is 5.26 Å². The highest BCUT2D eigenvalue weighted by atomic mass is 15.1. The van der Waals surface area contributed by atoms with E-state index in [0.717, 1.165) is 34.3 Å². The number of nitrogens with zero attached hydrogens (tertiary/aromatic N) is 3. The maximum Gasteiger partial charge on any atom is 0.101 e. The second-order valence-corrected chi connectivity index (χ2v) is 6.65. The Bertz CT molecular complexity index is 951. The van der Waals surface area contributed by atoms with Crippen molar-refractivity contribution in [2.75, 3.05) is 18.5 Å². The summed E-state index contributed by atoms with van der Waals surface area (Å²) in [5.74, 6) is 0.445. The van der Waals surface area contributed by atoms with Gasteiger partial charge < -0.3 is 4.90 Å². The van der Waals surface area contributed by atoms with Crippen molar-refractivity contribution in [3.05, 3.63) is 59.8 Å². The van der Waals surface area contributed by atoms with E-state index in [9.17, 15) is 5.26 Å². The molecule has 3 rings (SSSR count). The number of hydrogen-bond donors (Lipinski definition) is 0. The lowest BCUT2D eigenvalue weighted by atomic mass is 9.93. The van der Waals surface area contributed by atoms with Gasteiger partial charge in [-0.15, -0.1) is 0 Å². The lowest BCUT2D eigenvalue weighted by Gasteiger charge is -2.18. The van der Waals surface area contributed by atoms with Gasteiger partial charge in [0.15, 0.2) is 0 Å². The summed E-state index contributed by atoms with van der Waals surface area (Å²) in [6.45, 7) is 7.42. The summed E-state index contributed by atoms with van der Waals surface area (Å²) in [7, 11) is 2.07. The summed E-state index contributed by atoms with van der Waals surface area (Å²) in [4.78, 5) is 6.67. The van der Waals surface area contributed by atoms with Crippen molar-refractivity contribution in [3.8, 4) is 17.2 Å². The fourth-order valence-corrected chi connectivity index (χ4v) is 3.05. The van der Waals surface area contributed by atoms with Crippen LogP contribution in [0.25, 0.3) is 22.0 Å². The number of nitriles is 1. The van der Waals surface area contributed by atoms with Gasteiger partial charge in [0.05, 0.1) is 11.1 Å². The molecule has 3 heteroatoms. The summed E-state index contributed by atoms with van der Waals surface area (Å²) in [6.07, 6.45) is 1.68. The molecule has 0 fully saturated rings. The van der Waals surface area contributed by atoms with E-state index in [-0.39, 0.29) is 0 Å². The molecule has 0 atom stereocenters. The molecule has 0 amide bonds. The molecule has 0 saturated carbocycles. The Morgan fingerprint density at radius 1 is 1.16 bits per heavy atom. The van der Waals surface area contributed by atoms with Gasteiger partial charge in [0.25, 0.3) is 0 Å². The lowest BCUT2D eigenvalue weighted by molar-refractivity contribution is 0.867. The highest BCUT2D eigenvalue weighted by molar-refractivity contribution is 5.98. The number of benzene rings is 2. The van der Waals surface area contributed by atoms with Crippen molar-refractivity contribution in [3.63, 3.8) is 0 Å². The topological polar surface area (TPSA) is 39.9 Å². The minimum Gasteiger partial charge on any atom is -0.375 e. The zero-order chi connectivity index (χ0) is 18.0. The van der Waals surface area contributed by atoms with Crippen LogP contribution in [0, 0.1) is 11.3 Å². The SMILES string of the molecule is CCN(C)c1ccc2ncc(C#N)c(-c3cccc(C(C)C)c3)c2c1. The summed E-state index contributed by atoms with van der Waals surface area (Å²) < 4.78 is 0. The third-order valence-corrected chi connectivity index (χ3v) is 4.73. The molecular formula is C22H23N3. The molecule has 0 aliphatic carbocycles. The van der Waals surface area contributed by atoms with Crippen LogP contribution < -0.4 is 4.90 Å². The predicted molar refractivity (Wildman–Crippen MR) is 105 cm³/mol. The summed E-state index contributed by atoms with van der Waals surface area (Å²) in [5, 5.41) is 10.7. The molecule has 0 saturated heterocycles. The van der Waals surface area contributed by atoms with Crippen LogP contribution >= 0.6 is 0 Å². The minimum atomic E-state index is 0.445. The first-order chi connectivity index (χ1) is 12.0. The zero-order valence-corrected chi connectivity index (χ0v) is 15.2. The fourth-order valence-electron chi connectivity index (χ4n) is 3.05. The predicted octanol–water partition coefficient (Wildman–Crippen LogP) is 5.35. The summed E-state index contributed by atoms with van der Waals surface area (Å²) >= 11 is 0. The molecule has 0 aliphatic heterocycles. The van der Waals surface area contributed by atoms with Crippen LogP contribution in [0.5, 0.6) is 0 Å². The average Bonchev–Trinajstić information content (AvgIpc) is 2.65. The van der Waals surface area contributed by atoms with Crippen LogP contribution in [0.2, 0.25) is 0 Å². The van der Waals surface area contributed by atoms with Gasteiger partial charge in [0.1, 0.15) is 6.07 Å². The van der Waals surface area contributed by atoms with E-state index in [2.05, 4.69) is 80.2 Å². The molecule has 0 N–H and O–H groups in total. The van der Waals surface area contributed by atoms with E-state index in [1.165, 1.54) is 5.56 Å². The Hall–Kier alpha value is -2.86. The highest BCUT2D eigenvalue weighted by Crippen LogP contribution is 2.34. The monoisotopic (exact) mass is 329 g/mol. The largest absolute Gasteiger partial charge is 0.375 e. The first-order valence-electron chi connectivity index (χ1n) is 8.69. The highest BCUT2D eigenvalue weighted by Gasteiger charge is 2.13. The normalized spacial score (nSPS) is 10.9. The number of rotatable bonds is 4. The molecule has 0 radical (unpaired) electrons. The van der Waals surface area contributed by atoms with Gasteiger partial charge >= 0.3 is 0 Å². The molecule has 1 aromatic heterocycles. The third kappa shape index (κ3) is 3.21. The van der Waals surface area contributed by atoms with Crippen molar-refractivity contribution in [1.29, 1.82) is 5.26 Å². The molecule has 0 unspecified atom stereocenters. The number of aromatic nitrogens is 1. The Kier molecular flexibility index (Phi) is 4.72. The summed E-state index contributed by atoms with van der Waals surface area (Å²) in [6, 6.07) is 17.1. The molecule has 0 spiro atoms. The van der Waals surface area contributed by atoms with Crippen molar-refractivity contribution in [1.82, 2.24) is 4.98 Å². The molecular weight excluding hydrogens is 306 g/mol. The lowest BCUT2D eigenvalue weighted by Crippen LogP contribution is -2.15. The van der Waals surface area contributed by atoms with Crippen molar-refractivity contribution in [2.45, 2.75) is 26.7 Å². The van der Waals surface area contributed by atoms with Crippen molar-refractivity contribution < 1.29 is 0 Å². The van der Waals surface area contributed by atoms with Crippen molar-refractivity contribution in [2.24, 2.45) is 0 Å². The molecule has 3 aromatic rings. The van der Waals surface area contributed by atoms with Crippen LogP contribution in [0.3, 0.4) is 0 Å². The minimum absolute atomic E-state index is 0.445. The van der Waals surface area contributed by atoms with Gasteiger partial charge in [-0.25, -0.2) is 0 Å². The fraction of sp³-hybridized carbons (Fsp3) is 0.273. The van der Waals surface area contributed by atoms with Crippen LogP contribution in [-0.4, -0.2) is 18.6 Å². The molecule has 0 aliphatic rings. The van der Waals surface area contributed by atoms with Crippen LogP contribution in [0.1, 0.15) is 37.8 Å². The van der Waals surface area contributed by atoms with E-state index < -0.39 is 0 Å². The zero-order valence-electron chi connectivity index (χ0n) is 15.2. The van der Waals surface area contributed by atoms with E-state index in [4.69, 9.17) is 0 Å². The second-order valence-electron chi connectivity index (χ2n) is 6.65. The second kappa shape index (κ2) is 6.94. The third-order valence-electron chi connectivity index (χ3n) is 4.73. The standard InChI is InChI=1S/C22H23N3/c1-5-25(4)19-9-10-21-20(12-19)22(18(13-23)14-24-21)17-8-6-7-16(11-17)15(2)3/h6-12,14-15H,5H2,1-4H3. The Labute approximate surface area is 149 Å². The first-order valence-corrected chi connectivity index (χ1v) is 8.69. The number of hydrogen-bond acceptors (Lipinski definition) is 3. The van der Waals surface area contributed by atoms with Gasteiger partial charge in [-0.3, -0.25) is 4.98 Å². The quantitative estimate of drug-likeness (QED) is 0.647. The molecule has 1 heterocycles. The van der Waals surface area contributed by atoms with Gasteiger partial charge in [0, 0.05) is 36.4 Å². The van der Waals surface area contributed by atoms with Crippen LogP contribution in [-0.2, 0) is 0 Å². The Morgan fingerprint density at radius 2 is 1.96 bits per heavy atom. The molecule has 2 aromatic carbocycles. The van der Waals surface area contributed by atoms with Crippen molar-refractivity contribution >= 4 is 16.6 Å². The Balaban J connectivity index is 2.31. The number of pyridine rings is 1. The molecule has 126 valence electrons. The van der Waals surface area contributed by atoms with Gasteiger partial charge in [0.2, 0.25) is 0 Å². The van der Waals surface area contributed by atoms with E-state index >= 15 is 0 Å².